The number of hydrogen-bond donors (Lipinski definition) is 9. The second-order valence-corrected chi connectivity index (χ2v) is 20.1. The highest BCUT2D eigenvalue weighted by Gasteiger charge is 2.51. The molecule has 406 valence electrons. The van der Waals surface area contributed by atoms with E-state index in [0.29, 0.717) is 12.8 Å². The highest BCUT2D eigenvalue weighted by Crippen LogP contribution is 2.30. The topological polar surface area (TPSA) is 228 Å². The molecule has 0 bridgehead atoms. The van der Waals surface area contributed by atoms with Crippen molar-refractivity contribution in [2.75, 3.05) is 19.8 Å². The van der Waals surface area contributed by atoms with Crippen LogP contribution in [0.25, 0.3) is 0 Å². The molecule has 0 saturated carbocycles. The van der Waals surface area contributed by atoms with Crippen molar-refractivity contribution in [1.29, 1.82) is 0 Å². The third-order valence-electron chi connectivity index (χ3n) is 13.9. The standard InChI is InChI=1S/C55H103NO13/c1-3-5-7-9-11-13-15-17-19-20-21-22-23-24-25-27-29-31-33-35-37-39-47(60)56-43(44(59)38-36-34-32-30-28-26-18-16-14-12-10-8-6-4-2)42-66-54-52(65)50(63)53(46(41-58)68-54)69-55-51(64)49(62)48(61)45(40-57)67-55/h28,30,36,38,43-46,48-55,57-59,61-65H,3-27,29,31-35,37,39-42H2,1-2H3,(H,56,60)/b30-28+,38-36+. The van der Waals surface area contributed by atoms with Crippen LogP contribution in [0, 0.1) is 0 Å². The Hall–Kier alpha value is -1.53. The van der Waals surface area contributed by atoms with E-state index in [-0.39, 0.29) is 18.9 Å². The minimum atomic E-state index is -1.79. The third-order valence-corrected chi connectivity index (χ3v) is 13.9. The summed E-state index contributed by atoms with van der Waals surface area (Å²) in [6, 6.07) is -0.926. The van der Waals surface area contributed by atoms with Gasteiger partial charge in [0.25, 0.3) is 0 Å². The van der Waals surface area contributed by atoms with E-state index < -0.39 is 86.8 Å². The maximum absolute atomic E-state index is 13.2. The number of aliphatic hydroxyl groups is 8. The van der Waals surface area contributed by atoms with Gasteiger partial charge in [0.05, 0.1) is 32.0 Å². The molecule has 0 aromatic rings. The number of carbonyl (C=O) groups is 1. The number of rotatable bonds is 44. The molecule has 69 heavy (non-hydrogen) atoms. The summed E-state index contributed by atoms with van der Waals surface area (Å²) in [7, 11) is 0. The summed E-state index contributed by atoms with van der Waals surface area (Å²) in [6.45, 7) is 2.78. The zero-order valence-corrected chi connectivity index (χ0v) is 43.3. The summed E-state index contributed by atoms with van der Waals surface area (Å²) < 4.78 is 22.7. The van der Waals surface area contributed by atoms with E-state index in [4.69, 9.17) is 18.9 Å². The van der Waals surface area contributed by atoms with Gasteiger partial charge < -0.3 is 65.1 Å². The van der Waals surface area contributed by atoms with Gasteiger partial charge in [-0.3, -0.25) is 4.79 Å². The molecular formula is C55H103NO13. The van der Waals surface area contributed by atoms with Crippen molar-refractivity contribution < 1.29 is 64.6 Å². The van der Waals surface area contributed by atoms with Crippen LogP contribution in [0.4, 0.5) is 0 Å². The summed E-state index contributed by atoms with van der Waals surface area (Å²) in [4.78, 5) is 13.2. The first-order valence-electron chi connectivity index (χ1n) is 28.1. The predicted molar refractivity (Wildman–Crippen MR) is 272 cm³/mol. The number of unbranched alkanes of at least 4 members (excludes halogenated alkanes) is 29. The van der Waals surface area contributed by atoms with Gasteiger partial charge in [-0.05, 0) is 32.1 Å². The lowest BCUT2D eigenvalue weighted by atomic mass is 9.97. The number of nitrogens with one attached hydrogen (secondary N) is 1. The molecule has 14 nitrogen and oxygen atoms in total. The van der Waals surface area contributed by atoms with Crippen molar-refractivity contribution in [3.8, 4) is 0 Å². The molecule has 0 aromatic heterocycles. The van der Waals surface area contributed by atoms with Crippen molar-refractivity contribution in [3.63, 3.8) is 0 Å². The van der Waals surface area contributed by atoms with Crippen LogP contribution in [-0.4, -0.2) is 140 Å². The van der Waals surface area contributed by atoms with Crippen LogP contribution in [-0.2, 0) is 23.7 Å². The molecule has 2 aliphatic heterocycles. The molecule has 14 heteroatoms. The van der Waals surface area contributed by atoms with Gasteiger partial charge in [-0.25, -0.2) is 0 Å². The second kappa shape index (κ2) is 41.9. The van der Waals surface area contributed by atoms with Crippen molar-refractivity contribution in [2.24, 2.45) is 0 Å². The quantitative estimate of drug-likeness (QED) is 0.0206. The van der Waals surface area contributed by atoms with E-state index in [2.05, 4.69) is 31.3 Å². The third kappa shape index (κ3) is 28.5. The molecular weight excluding hydrogens is 883 g/mol. The molecule has 0 aliphatic carbocycles. The van der Waals surface area contributed by atoms with Crippen LogP contribution in [0.3, 0.4) is 0 Å². The monoisotopic (exact) mass is 986 g/mol. The first-order chi connectivity index (χ1) is 33.6. The maximum atomic E-state index is 13.2. The van der Waals surface area contributed by atoms with E-state index in [1.54, 1.807) is 6.08 Å². The number of carbonyl (C=O) groups excluding carboxylic acids is 1. The Bertz CT molecular complexity index is 1260. The van der Waals surface area contributed by atoms with Crippen LogP contribution in [0.5, 0.6) is 0 Å². The average molecular weight is 986 g/mol. The Morgan fingerprint density at radius 2 is 0.928 bits per heavy atom. The van der Waals surface area contributed by atoms with Crippen LogP contribution in [0.1, 0.15) is 226 Å². The Kier molecular flexibility index (Phi) is 38.6. The Morgan fingerprint density at radius 1 is 0.507 bits per heavy atom. The highest BCUT2D eigenvalue weighted by molar-refractivity contribution is 5.76. The molecule has 12 atom stereocenters. The number of ether oxygens (including phenoxy) is 4. The van der Waals surface area contributed by atoms with Crippen molar-refractivity contribution in [3.05, 3.63) is 24.3 Å². The Labute approximate surface area is 418 Å². The van der Waals surface area contributed by atoms with E-state index in [9.17, 15) is 45.6 Å². The molecule has 2 fully saturated rings. The fraction of sp³-hybridized carbons (Fsp3) is 0.909. The average Bonchev–Trinajstić information content (AvgIpc) is 3.35. The minimum absolute atomic E-state index is 0.246. The summed E-state index contributed by atoms with van der Waals surface area (Å²) in [5.41, 5.74) is 0. The van der Waals surface area contributed by atoms with Crippen molar-refractivity contribution in [2.45, 2.75) is 299 Å². The van der Waals surface area contributed by atoms with Gasteiger partial charge in [0, 0.05) is 6.42 Å². The number of aliphatic hydroxyl groups excluding tert-OH is 8. The molecule has 2 aliphatic rings. The van der Waals surface area contributed by atoms with Crippen LogP contribution >= 0.6 is 0 Å². The first kappa shape index (κ1) is 63.6. The number of hydrogen-bond acceptors (Lipinski definition) is 13. The summed E-state index contributed by atoms with van der Waals surface area (Å²) in [5.74, 6) is -0.246. The van der Waals surface area contributed by atoms with Gasteiger partial charge >= 0.3 is 0 Å². The van der Waals surface area contributed by atoms with Gasteiger partial charge in [-0.1, -0.05) is 212 Å². The van der Waals surface area contributed by atoms with E-state index in [1.807, 2.05) is 6.08 Å². The van der Waals surface area contributed by atoms with Crippen LogP contribution < -0.4 is 5.32 Å². The van der Waals surface area contributed by atoms with E-state index >= 15 is 0 Å². The molecule has 2 heterocycles. The zero-order chi connectivity index (χ0) is 50.3. The SMILES string of the molecule is CCCCCCCCCC/C=C/CC/C=C/C(O)C(COC1OC(CO)C(OC2OC(CO)C(O)C(O)C2O)C(O)C1O)NC(=O)CCCCCCCCCCCCCCCCCCCCCCC. The van der Waals surface area contributed by atoms with Crippen molar-refractivity contribution in [1.82, 2.24) is 5.32 Å². The molecule has 2 rings (SSSR count). The zero-order valence-electron chi connectivity index (χ0n) is 43.3. The summed E-state index contributed by atoms with van der Waals surface area (Å²) in [5, 5.41) is 86.9. The van der Waals surface area contributed by atoms with Gasteiger partial charge in [0.1, 0.15) is 48.8 Å². The van der Waals surface area contributed by atoms with E-state index in [0.717, 1.165) is 32.1 Å². The molecule has 1 amide bonds. The van der Waals surface area contributed by atoms with Gasteiger partial charge in [-0.15, -0.1) is 0 Å². The van der Waals surface area contributed by atoms with Crippen LogP contribution in [0.15, 0.2) is 24.3 Å². The Balaban J connectivity index is 1.79. The fourth-order valence-corrected chi connectivity index (χ4v) is 9.31. The lowest BCUT2D eigenvalue weighted by molar-refractivity contribution is -0.359. The summed E-state index contributed by atoms with van der Waals surface area (Å²) in [6.07, 6.45) is 30.8. The summed E-state index contributed by atoms with van der Waals surface area (Å²) >= 11 is 0. The Morgan fingerprint density at radius 3 is 1.42 bits per heavy atom. The largest absolute Gasteiger partial charge is 0.394 e. The lowest BCUT2D eigenvalue weighted by Gasteiger charge is -2.46. The maximum Gasteiger partial charge on any atom is 0.220 e. The van der Waals surface area contributed by atoms with Gasteiger partial charge in [0.2, 0.25) is 5.91 Å². The highest BCUT2D eigenvalue weighted by atomic mass is 16.7. The van der Waals surface area contributed by atoms with Crippen LogP contribution in [0.2, 0.25) is 0 Å². The normalized spacial score (nSPS) is 26.3. The lowest BCUT2D eigenvalue weighted by Crippen LogP contribution is -2.65. The predicted octanol–water partition coefficient (Wildman–Crippen LogP) is 8.50. The molecule has 12 unspecified atom stereocenters. The molecule has 0 radical (unpaired) electrons. The van der Waals surface area contributed by atoms with E-state index in [1.165, 1.54) is 161 Å². The second-order valence-electron chi connectivity index (χ2n) is 20.1. The van der Waals surface area contributed by atoms with Crippen molar-refractivity contribution >= 4 is 5.91 Å². The number of amides is 1. The molecule has 2 saturated heterocycles. The fourth-order valence-electron chi connectivity index (χ4n) is 9.31. The minimum Gasteiger partial charge on any atom is -0.394 e. The van der Waals surface area contributed by atoms with Gasteiger partial charge in [0.15, 0.2) is 12.6 Å². The smallest absolute Gasteiger partial charge is 0.220 e. The molecule has 0 spiro atoms. The number of allylic oxidation sites excluding steroid dienone is 3. The van der Waals surface area contributed by atoms with Gasteiger partial charge in [-0.2, -0.15) is 0 Å². The molecule has 0 aromatic carbocycles. The molecule has 9 N–H and O–H groups in total. The first-order valence-corrected chi connectivity index (χ1v) is 28.1.